The molecule has 1 aromatic heterocycles. The number of hydrogen-bond donors (Lipinski definition) is 1. The number of ether oxygens (including phenoxy) is 2. The average molecular weight is 464 g/mol. The van der Waals surface area contributed by atoms with Crippen molar-refractivity contribution in [2.45, 2.75) is 25.9 Å². The minimum absolute atomic E-state index is 0.179. The van der Waals surface area contributed by atoms with Crippen LogP contribution in [0.3, 0.4) is 0 Å². The maximum atomic E-state index is 12.5. The summed E-state index contributed by atoms with van der Waals surface area (Å²) in [6, 6.07) is 22.5. The van der Waals surface area contributed by atoms with Gasteiger partial charge in [-0.05, 0) is 55.3 Å². The molecular weight excluding hydrogens is 438 g/mol. The van der Waals surface area contributed by atoms with Crippen molar-refractivity contribution < 1.29 is 14.3 Å². The number of rotatable bonds is 10. The zero-order valence-corrected chi connectivity index (χ0v) is 19.2. The zero-order chi connectivity index (χ0) is 23.0. The van der Waals surface area contributed by atoms with Crippen molar-refractivity contribution in [1.29, 1.82) is 0 Å². The highest BCUT2D eigenvalue weighted by atomic mass is 35.5. The van der Waals surface area contributed by atoms with Crippen LogP contribution in [-0.2, 0) is 13.1 Å². The average Bonchev–Trinajstić information content (AvgIpc) is 3.20. The Morgan fingerprint density at radius 2 is 1.79 bits per heavy atom. The number of amides is 1. The number of halogens is 1. The van der Waals surface area contributed by atoms with Gasteiger partial charge in [-0.25, -0.2) is 4.98 Å². The number of fused-ring (bicyclic) bond motifs is 1. The van der Waals surface area contributed by atoms with Crippen LogP contribution in [0.15, 0.2) is 72.8 Å². The molecule has 6 nitrogen and oxygen atoms in total. The van der Waals surface area contributed by atoms with E-state index in [1.54, 1.807) is 31.4 Å². The number of unbranched alkanes of at least 4 members (excludes halogenated alkanes) is 1. The summed E-state index contributed by atoms with van der Waals surface area (Å²) < 4.78 is 13.4. The van der Waals surface area contributed by atoms with Crippen molar-refractivity contribution in [2.24, 2.45) is 0 Å². The molecule has 170 valence electrons. The van der Waals surface area contributed by atoms with Crippen molar-refractivity contribution in [3.8, 4) is 11.5 Å². The van der Waals surface area contributed by atoms with Crippen LogP contribution < -0.4 is 14.8 Å². The lowest BCUT2D eigenvalue weighted by molar-refractivity contribution is 0.0949. The van der Waals surface area contributed by atoms with Crippen molar-refractivity contribution in [3.63, 3.8) is 0 Å². The van der Waals surface area contributed by atoms with E-state index in [1.807, 2.05) is 42.5 Å². The standard InChI is InChI=1S/C26H26ClN3O3/c1-32-23-13-4-5-14-24(23)33-16-7-6-15-30-22-12-3-2-11-21(22)29-25(30)18-28-26(31)19-9-8-10-20(27)17-19/h2-5,8-14,17H,6-7,15-16,18H2,1H3,(H,28,31). The summed E-state index contributed by atoms with van der Waals surface area (Å²) in [4.78, 5) is 17.3. The van der Waals surface area contributed by atoms with Gasteiger partial charge in [0.2, 0.25) is 0 Å². The van der Waals surface area contributed by atoms with Crippen molar-refractivity contribution in [3.05, 3.63) is 89.2 Å². The smallest absolute Gasteiger partial charge is 0.251 e. The number of carbonyl (C=O) groups is 1. The van der Waals surface area contributed by atoms with Gasteiger partial charge in [0.05, 0.1) is 31.3 Å². The summed E-state index contributed by atoms with van der Waals surface area (Å²) in [7, 11) is 1.64. The molecule has 0 radical (unpaired) electrons. The van der Waals surface area contributed by atoms with E-state index in [0.29, 0.717) is 23.7 Å². The first-order chi connectivity index (χ1) is 16.2. The highest BCUT2D eigenvalue weighted by Gasteiger charge is 2.13. The number of para-hydroxylation sites is 4. The van der Waals surface area contributed by atoms with E-state index in [1.165, 1.54) is 0 Å². The number of carbonyl (C=O) groups excluding carboxylic acids is 1. The summed E-state index contributed by atoms with van der Waals surface area (Å²) in [6.07, 6.45) is 1.78. The van der Waals surface area contributed by atoms with Gasteiger partial charge in [0.15, 0.2) is 11.5 Å². The molecule has 0 fully saturated rings. The Balaban J connectivity index is 1.38. The van der Waals surface area contributed by atoms with Crippen LogP contribution in [-0.4, -0.2) is 29.2 Å². The molecule has 0 spiro atoms. The van der Waals surface area contributed by atoms with Crippen LogP contribution in [0.2, 0.25) is 5.02 Å². The molecule has 0 saturated heterocycles. The predicted molar refractivity (Wildman–Crippen MR) is 130 cm³/mol. The second-order valence-electron chi connectivity index (χ2n) is 7.57. The first-order valence-corrected chi connectivity index (χ1v) is 11.3. The van der Waals surface area contributed by atoms with E-state index in [0.717, 1.165) is 47.7 Å². The summed E-state index contributed by atoms with van der Waals surface area (Å²) >= 11 is 6.01. The zero-order valence-electron chi connectivity index (χ0n) is 18.5. The van der Waals surface area contributed by atoms with E-state index in [4.69, 9.17) is 26.1 Å². The van der Waals surface area contributed by atoms with E-state index < -0.39 is 0 Å². The Hall–Kier alpha value is -3.51. The first-order valence-electron chi connectivity index (χ1n) is 10.9. The van der Waals surface area contributed by atoms with Gasteiger partial charge in [-0.1, -0.05) is 41.9 Å². The lowest BCUT2D eigenvalue weighted by Crippen LogP contribution is -2.24. The molecule has 0 atom stereocenters. The Kier molecular flexibility index (Phi) is 7.47. The highest BCUT2D eigenvalue weighted by Crippen LogP contribution is 2.26. The maximum absolute atomic E-state index is 12.5. The molecule has 4 rings (SSSR count). The number of aryl methyl sites for hydroxylation is 1. The Morgan fingerprint density at radius 3 is 2.61 bits per heavy atom. The Morgan fingerprint density at radius 1 is 1.00 bits per heavy atom. The molecular formula is C26H26ClN3O3. The van der Waals surface area contributed by atoms with Gasteiger partial charge in [-0.3, -0.25) is 4.79 Å². The van der Waals surface area contributed by atoms with Crippen LogP contribution in [0, 0.1) is 0 Å². The van der Waals surface area contributed by atoms with Crippen molar-refractivity contribution in [1.82, 2.24) is 14.9 Å². The van der Waals surface area contributed by atoms with Gasteiger partial charge in [0, 0.05) is 17.1 Å². The lowest BCUT2D eigenvalue weighted by Gasteiger charge is -2.12. The van der Waals surface area contributed by atoms with E-state index in [-0.39, 0.29) is 5.91 Å². The van der Waals surface area contributed by atoms with Crippen molar-refractivity contribution >= 4 is 28.5 Å². The van der Waals surface area contributed by atoms with Crippen LogP contribution in [0.25, 0.3) is 11.0 Å². The van der Waals surface area contributed by atoms with Gasteiger partial charge >= 0.3 is 0 Å². The van der Waals surface area contributed by atoms with Crippen LogP contribution >= 0.6 is 11.6 Å². The van der Waals surface area contributed by atoms with Crippen LogP contribution in [0.1, 0.15) is 29.0 Å². The maximum Gasteiger partial charge on any atom is 0.251 e. The molecule has 0 unspecified atom stereocenters. The van der Waals surface area contributed by atoms with Crippen LogP contribution in [0.4, 0.5) is 0 Å². The summed E-state index contributed by atoms with van der Waals surface area (Å²) in [5.41, 5.74) is 2.49. The molecule has 0 aliphatic heterocycles. The fourth-order valence-electron chi connectivity index (χ4n) is 3.69. The third kappa shape index (κ3) is 5.65. The number of hydrogen-bond acceptors (Lipinski definition) is 4. The normalized spacial score (nSPS) is 10.8. The van der Waals surface area contributed by atoms with Gasteiger partial charge in [-0.2, -0.15) is 0 Å². The van der Waals surface area contributed by atoms with Gasteiger partial charge in [0.1, 0.15) is 5.82 Å². The molecule has 4 aromatic rings. The summed E-state index contributed by atoms with van der Waals surface area (Å²) in [6.45, 7) is 1.70. The molecule has 0 saturated carbocycles. The largest absolute Gasteiger partial charge is 0.493 e. The van der Waals surface area contributed by atoms with Gasteiger partial charge < -0.3 is 19.4 Å². The Bertz CT molecular complexity index is 1240. The molecule has 3 aromatic carbocycles. The number of benzene rings is 3. The SMILES string of the molecule is COc1ccccc1OCCCCn1c(CNC(=O)c2cccc(Cl)c2)nc2ccccc21. The molecule has 1 heterocycles. The number of imidazole rings is 1. The quantitative estimate of drug-likeness (QED) is 0.316. The monoisotopic (exact) mass is 463 g/mol. The number of nitrogens with one attached hydrogen (secondary N) is 1. The summed E-state index contributed by atoms with van der Waals surface area (Å²) in [5, 5.41) is 3.49. The number of methoxy groups -OCH3 is 1. The van der Waals surface area contributed by atoms with Crippen molar-refractivity contribution in [2.75, 3.05) is 13.7 Å². The minimum atomic E-state index is -0.179. The molecule has 33 heavy (non-hydrogen) atoms. The van der Waals surface area contributed by atoms with Gasteiger partial charge in [-0.15, -0.1) is 0 Å². The molecule has 1 amide bonds. The van der Waals surface area contributed by atoms with E-state index in [2.05, 4.69) is 16.0 Å². The fraction of sp³-hybridized carbons (Fsp3) is 0.231. The fourth-order valence-corrected chi connectivity index (χ4v) is 3.88. The van der Waals surface area contributed by atoms with Crippen LogP contribution in [0.5, 0.6) is 11.5 Å². The second kappa shape index (κ2) is 10.9. The predicted octanol–water partition coefficient (Wildman–Crippen LogP) is 5.49. The molecule has 0 bridgehead atoms. The highest BCUT2D eigenvalue weighted by molar-refractivity contribution is 6.30. The van der Waals surface area contributed by atoms with Gasteiger partial charge in [0.25, 0.3) is 5.91 Å². The molecule has 1 N–H and O–H groups in total. The molecule has 0 aliphatic carbocycles. The third-order valence-corrected chi connectivity index (χ3v) is 5.57. The molecule has 0 aliphatic rings. The second-order valence-corrected chi connectivity index (χ2v) is 8.00. The lowest BCUT2D eigenvalue weighted by atomic mass is 10.2. The van der Waals surface area contributed by atoms with E-state index in [9.17, 15) is 4.79 Å². The Labute approximate surface area is 198 Å². The number of aromatic nitrogens is 2. The summed E-state index contributed by atoms with van der Waals surface area (Å²) in [5.74, 6) is 2.12. The minimum Gasteiger partial charge on any atom is -0.493 e. The first kappa shape index (κ1) is 22.7. The third-order valence-electron chi connectivity index (χ3n) is 5.33. The van der Waals surface area contributed by atoms with E-state index >= 15 is 0 Å². The number of nitrogens with zero attached hydrogens (tertiary/aromatic N) is 2. The topological polar surface area (TPSA) is 65.4 Å². The molecule has 7 heteroatoms.